The van der Waals surface area contributed by atoms with E-state index < -0.39 is 5.97 Å². The third kappa shape index (κ3) is 3.66. The van der Waals surface area contributed by atoms with Crippen molar-refractivity contribution in [1.29, 1.82) is 0 Å². The highest BCUT2D eigenvalue weighted by atomic mass is 16.4. The first-order chi connectivity index (χ1) is 6.74. The minimum atomic E-state index is -0.704. The Morgan fingerprint density at radius 3 is 2.64 bits per heavy atom. The second kappa shape index (κ2) is 6.02. The largest absolute Gasteiger partial charge is 0.480 e. The van der Waals surface area contributed by atoms with E-state index in [4.69, 9.17) is 5.11 Å². The van der Waals surface area contributed by atoms with Gasteiger partial charge in [0.05, 0.1) is 0 Å². The molecule has 0 amide bonds. The SMILES string of the molecule is CCCC(NCC1CCCC1)C(=O)O. The molecule has 14 heavy (non-hydrogen) atoms. The summed E-state index contributed by atoms with van der Waals surface area (Å²) in [5, 5.41) is 12.1. The van der Waals surface area contributed by atoms with Crippen LogP contribution in [0.4, 0.5) is 0 Å². The third-order valence-corrected chi connectivity index (χ3v) is 3.00. The van der Waals surface area contributed by atoms with Crippen molar-refractivity contribution >= 4 is 5.97 Å². The molecule has 0 spiro atoms. The minimum absolute atomic E-state index is 0.333. The molecule has 0 aliphatic heterocycles. The fraction of sp³-hybridized carbons (Fsp3) is 0.909. The van der Waals surface area contributed by atoms with Crippen LogP contribution in [0.3, 0.4) is 0 Å². The summed E-state index contributed by atoms with van der Waals surface area (Å²) in [4.78, 5) is 10.8. The molecule has 3 nitrogen and oxygen atoms in total. The smallest absolute Gasteiger partial charge is 0.320 e. The topological polar surface area (TPSA) is 49.3 Å². The van der Waals surface area contributed by atoms with Gasteiger partial charge in [-0.2, -0.15) is 0 Å². The lowest BCUT2D eigenvalue weighted by Gasteiger charge is -2.16. The van der Waals surface area contributed by atoms with Crippen LogP contribution in [-0.4, -0.2) is 23.7 Å². The fourth-order valence-electron chi connectivity index (χ4n) is 2.12. The van der Waals surface area contributed by atoms with Crippen molar-refractivity contribution in [2.45, 2.75) is 51.5 Å². The molecule has 0 aromatic carbocycles. The van der Waals surface area contributed by atoms with Gasteiger partial charge in [0.1, 0.15) is 6.04 Å². The zero-order valence-corrected chi connectivity index (χ0v) is 8.96. The molecule has 1 aliphatic carbocycles. The van der Waals surface area contributed by atoms with Gasteiger partial charge in [0.2, 0.25) is 0 Å². The summed E-state index contributed by atoms with van der Waals surface area (Å²) in [5.41, 5.74) is 0. The van der Waals surface area contributed by atoms with Crippen LogP contribution in [0.15, 0.2) is 0 Å². The number of rotatable bonds is 6. The van der Waals surface area contributed by atoms with E-state index >= 15 is 0 Å². The van der Waals surface area contributed by atoms with Crippen molar-refractivity contribution in [1.82, 2.24) is 5.32 Å². The van der Waals surface area contributed by atoms with Crippen LogP contribution in [-0.2, 0) is 4.79 Å². The van der Waals surface area contributed by atoms with Crippen LogP contribution in [0.2, 0.25) is 0 Å². The molecule has 0 saturated heterocycles. The van der Waals surface area contributed by atoms with Gasteiger partial charge < -0.3 is 10.4 Å². The highest BCUT2D eigenvalue weighted by molar-refractivity contribution is 5.73. The van der Waals surface area contributed by atoms with E-state index in [0.717, 1.165) is 19.4 Å². The highest BCUT2D eigenvalue weighted by Crippen LogP contribution is 2.23. The Morgan fingerprint density at radius 1 is 1.50 bits per heavy atom. The number of hydrogen-bond acceptors (Lipinski definition) is 2. The lowest BCUT2D eigenvalue weighted by atomic mass is 10.1. The highest BCUT2D eigenvalue weighted by Gasteiger charge is 2.19. The van der Waals surface area contributed by atoms with Gasteiger partial charge in [0.25, 0.3) is 0 Å². The van der Waals surface area contributed by atoms with Crippen LogP contribution in [0.5, 0.6) is 0 Å². The summed E-state index contributed by atoms with van der Waals surface area (Å²) in [6.07, 6.45) is 6.84. The van der Waals surface area contributed by atoms with Gasteiger partial charge in [0.15, 0.2) is 0 Å². The Morgan fingerprint density at radius 2 is 2.14 bits per heavy atom. The normalized spacial score (nSPS) is 19.8. The molecule has 0 aromatic rings. The van der Waals surface area contributed by atoms with Crippen LogP contribution in [0.25, 0.3) is 0 Å². The first-order valence-electron chi connectivity index (χ1n) is 5.70. The van der Waals surface area contributed by atoms with Crippen LogP contribution in [0.1, 0.15) is 45.4 Å². The Bertz CT molecular complexity index is 176. The number of aliphatic carboxylic acids is 1. The Balaban J connectivity index is 2.21. The molecule has 2 N–H and O–H groups in total. The predicted molar refractivity (Wildman–Crippen MR) is 56.3 cm³/mol. The van der Waals surface area contributed by atoms with E-state index in [0.29, 0.717) is 5.92 Å². The Kier molecular flexibility index (Phi) is 4.94. The Labute approximate surface area is 85.9 Å². The second-order valence-corrected chi connectivity index (χ2v) is 4.24. The second-order valence-electron chi connectivity index (χ2n) is 4.24. The summed E-state index contributed by atoms with van der Waals surface area (Å²) < 4.78 is 0. The quantitative estimate of drug-likeness (QED) is 0.688. The van der Waals surface area contributed by atoms with Crippen molar-refractivity contribution in [3.05, 3.63) is 0 Å². The summed E-state index contributed by atoms with van der Waals surface area (Å²) >= 11 is 0. The maximum atomic E-state index is 10.8. The number of carbonyl (C=O) groups is 1. The molecule has 1 saturated carbocycles. The van der Waals surface area contributed by atoms with Crippen LogP contribution >= 0.6 is 0 Å². The van der Waals surface area contributed by atoms with Gasteiger partial charge in [-0.3, -0.25) is 4.79 Å². The minimum Gasteiger partial charge on any atom is -0.480 e. The Hall–Kier alpha value is -0.570. The van der Waals surface area contributed by atoms with Crippen LogP contribution < -0.4 is 5.32 Å². The van der Waals surface area contributed by atoms with Gasteiger partial charge >= 0.3 is 5.97 Å². The molecule has 1 fully saturated rings. The van der Waals surface area contributed by atoms with Gasteiger partial charge in [-0.1, -0.05) is 26.2 Å². The van der Waals surface area contributed by atoms with Crippen LogP contribution in [0, 0.1) is 5.92 Å². The van der Waals surface area contributed by atoms with Gasteiger partial charge in [-0.05, 0) is 31.7 Å². The number of nitrogens with one attached hydrogen (secondary N) is 1. The van der Waals surface area contributed by atoms with E-state index in [1.54, 1.807) is 0 Å². The van der Waals surface area contributed by atoms with Crippen molar-refractivity contribution in [3.63, 3.8) is 0 Å². The lowest BCUT2D eigenvalue weighted by Crippen LogP contribution is -2.38. The van der Waals surface area contributed by atoms with E-state index in [1.165, 1.54) is 25.7 Å². The molecule has 3 heteroatoms. The van der Waals surface area contributed by atoms with Crippen molar-refractivity contribution in [2.75, 3.05) is 6.54 Å². The monoisotopic (exact) mass is 199 g/mol. The summed E-state index contributed by atoms with van der Waals surface area (Å²) in [5.74, 6) is 0.0125. The van der Waals surface area contributed by atoms with Gasteiger partial charge in [0, 0.05) is 0 Å². The molecule has 1 aliphatic rings. The average molecular weight is 199 g/mol. The maximum absolute atomic E-state index is 10.8. The molecular formula is C11H21NO2. The molecule has 0 bridgehead atoms. The first kappa shape index (κ1) is 11.5. The molecule has 82 valence electrons. The van der Waals surface area contributed by atoms with Crippen molar-refractivity contribution in [3.8, 4) is 0 Å². The van der Waals surface area contributed by atoms with Crippen molar-refractivity contribution < 1.29 is 9.90 Å². The predicted octanol–water partition coefficient (Wildman–Crippen LogP) is 2.02. The van der Waals surface area contributed by atoms with Gasteiger partial charge in [-0.15, -0.1) is 0 Å². The number of carboxylic acid groups (broad SMARTS) is 1. The lowest BCUT2D eigenvalue weighted by molar-refractivity contribution is -0.139. The first-order valence-corrected chi connectivity index (χ1v) is 5.70. The van der Waals surface area contributed by atoms with E-state index in [1.807, 2.05) is 6.92 Å². The van der Waals surface area contributed by atoms with E-state index in [2.05, 4.69) is 5.32 Å². The molecule has 0 radical (unpaired) electrons. The zero-order chi connectivity index (χ0) is 10.4. The molecule has 1 rings (SSSR count). The van der Waals surface area contributed by atoms with E-state index in [9.17, 15) is 4.79 Å². The molecule has 0 heterocycles. The average Bonchev–Trinajstić information content (AvgIpc) is 2.64. The molecule has 1 unspecified atom stereocenters. The summed E-state index contributed by atoms with van der Waals surface area (Å²) in [6, 6.07) is -0.333. The summed E-state index contributed by atoms with van der Waals surface area (Å²) in [7, 11) is 0. The number of hydrogen-bond donors (Lipinski definition) is 2. The summed E-state index contributed by atoms with van der Waals surface area (Å²) in [6.45, 7) is 2.91. The third-order valence-electron chi connectivity index (χ3n) is 3.00. The van der Waals surface area contributed by atoms with Gasteiger partial charge in [-0.25, -0.2) is 0 Å². The molecular weight excluding hydrogens is 178 g/mol. The van der Waals surface area contributed by atoms with E-state index in [-0.39, 0.29) is 6.04 Å². The standard InChI is InChI=1S/C11H21NO2/c1-2-5-10(11(13)14)12-8-9-6-3-4-7-9/h9-10,12H,2-8H2,1H3,(H,13,14). The van der Waals surface area contributed by atoms with Crippen molar-refractivity contribution in [2.24, 2.45) is 5.92 Å². The molecule has 0 aromatic heterocycles. The zero-order valence-electron chi connectivity index (χ0n) is 8.96. The molecule has 1 atom stereocenters. The maximum Gasteiger partial charge on any atom is 0.320 e. The number of carboxylic acids is 1. The fourth-order valence-corrected chi connectivity index (χ4v) is 2.12.